The number of nitrogens with one attached hydrogen (secondary N) is 1. The predicted molar refractivity (Wildman–Crippen MR) is 123 cm³/mol. The maximum atomic E-state index is 13.3. The number of aromatic nitrogens is 1. The molecule has 4 rings (SSSR count). The van der Waals surface area contributed by atoms with E-state index in [-0.39, 0.29) is 33.7 Å². The number of sulfone groups is 1. The topological polar surface area (TPSA) is 68.2 Å². The van der Waals surface area contributed by atoms with Gasteiger partial charge < -0.3 is 9.88 Å². The molecule has 5 nitrogen and oxygen atoms in total. The average Bonchev–Trinajstić information content (AvgIpc) is 3.06. The number of fused-ring (bicyclic) bond motifs is 1. The van der Waals surface area contributed by atoms with Gasteiger partial charge in [-0.1, -0.05) is 39.0 Å². The molecule has 1 heterocycles. The predicted octanol–water partition coefficient (Wildman–Crippen LogP) is 4.94. The van der Waals surface area contributed by atoms with Crippen LogP contribution in [0.3, 0.4) is 0 Å². The lowest BCUT2D eigenvalue weighted by Crippen LogP contribution is -2.44. The third kappa shape index (κ3) is 4.58. The molecule has 0 bridgehead atoms. The molecule has 0 radical (unpaired) electrons. The fourth-order valence-corrected chi connectivity index (χ4v) is 6.66. The number of carbonyl (C=O) groups excluding carboxylic acids is 1. The second-order valence-corrected chi connectivity index (χ2v) is 11.7. The molecule has 1 aromatic heterocycles. The lowest BCUT2D eigenvalue weighted by molar-refractivity contribution is -0.122. The molecule has 0 saturated heterocycles. The highest BCUT2D eigenvalue weighted by Gasteiger charge is 2.33. The smallest absolute Gasteiger partial charge is 0.240 e. The Morgan fingerprint density at radius 2 is 1.81 bits per heavy atom. The summed E-state index contributed by atoms with van der Waals surface area (Å²) < 4.78 is 41.5. The van der Waals surface area contributed by atoms with Crippen molar-refractivity contribution < 1.29 is 17.6 Å². The first-order valence-electron chi connectivity index (χ1n) is 10.9. The molecule has 2 atom stereocenters. The molecule has 1 amide bonds. The quantitative estimate of drug-likeness (QED) is 0.553. The van der Waals surface area contributed by atoms with Crippen LogP contribution in [0.5, 0.6) is 0 Å². The maximum absolute atomic E-state index is 13.3. The van der Waals surface area contributed by atoms with Crippen LogP contribution in [0.25, 0.3) is 10.9 Å². The molecule has 1 aliphatic carbocycles. The number of hydrogen-bond donors (Lipinski definition) is 1. The normalized spacial score (nSPS) is 20.9. The van der Waals surface area contributed by atoms with E-state index < -0.39 is 15.7 Å². The van der Waals surface area contributed by atoms with Crippen molar-refractivity contribution in [1.82, 2.24) is 9.88 Å². The molecule has 0 aliphatic heterocycles. The van der Waals surface area contributed by atoms with Crippen LogP contribution >= 0.6 is 0 Å². The average molecular weight is 457 g/mol. The molecule has 1 fully saturated rings. The number of nitrogens with zero attached hydrogens (tertiary/aromatic N) is 1. The Labute approximate surface area is 188 Å². The minimum atomic E-state index is -3.87. The molecule has 2 aromatic carbocycles. The van der Waals surface area contributed by atoms with E-state index in [9.17, 15) is 17.6 Å². The Kier molecular flexibility index (Phi) is 5.88. The van der Waals surface area contributed by atoms with Crippen molar-refractivity contribution in [1.29, 1.82) is 0 Å². The Morgan fingerprint density at radius 1 is 1.12 bits per heavy atom. The summed E-state index contributed by atoms with van der Waals surface area (Å²) in [6.07, 6.45) is 4.54. The van der Waals surface area contributed by atoms with Crippen molar-refractivity contribution in [2.75, 3.05) is 0 Å². The fourth-order valence-electron chi connectivity index (χ4n) is 5.18. The van der Waals surface area contributed by atoms with Crippen LogP contribution in [-0.4, -0.2) is 24.9 Å². The lowest BCUT2D eigenvalue weighted by atomic mass is 9.70. The number of hydrogen-bond acceptors (Lipinski definition) is 3. The first kappa shape index (κ1) is 22.5. The van der Waals surface area contributed by atoms with E-state index in [4.69, 9.17) is 0 Å². The molecule has 3 aromatic rings. The summed E-state index contributed by atoms with van der Waals surface area (Å²) in [5.41, 5.74) is 0.854. The summed E-state index contributed by atoms with van der Waals surface area (Å²) in [6.45, 7) is 6.71. The van der Waals surface area contributed by atoms with Crippen molar-refractivity contribution in [3.05, 3.63) is 60.5 Å². The van der Waals surface area contributed by atoms with Gasteiger partial charge in [0.15, 0.2) is 0 Å². The van der Waals surface area contributed by atoms with E-state index in [1.807, 2.05) is 6.07 Å². The van der Waals surface area contributed by atoms with Gasteiger partial charge in [-0.25, -0.2) is 12.8 Å². The van der Waals surface area contributed by atoms with Gasteiger partial charge in [0, 0.05) is 23.1 Å². The molecular weight excluding hydrogens is 427 g/mol. The Hall–Kier alpha value is -2.67. The lowest BCUT2D eigenvalue weighted by Gasteiger charge is -2.39. The first-order valence-corrected chi connectivity index (χ1v) is 12.4. The van der Waals surface area contributed by atoms with Crippen LogP contribution in [0, 0.1) is 17.2 Å². The Balaban J connectivity index is 1.62. The Bertz CT molecular complexity index is 1250. The van der Waals surface area contributed by atoms with Crippen molar-refractivity contribution in [3.63, 3.8) is 0 Å². The van der Waals surface area contributed by atoms with Crippen LogP contribution in [0.15, 0.2) is 64.5 Å². The fraction of sp³-hybridized carbons (Fsp3) is 0.400. The van der Waals surface area contributed by atoms with Crippen molar-refractivity contribution >= 4 is 26.6 Å². The van der Waals surface area contributed by atoms with Crippen molar-refractivity contribution in [3.8, 4) is 0 Å². The minimum absolute atomic E-state index is 0.0182. The largest absolute Gasteiger partial charge is 0.352 e. The van der Waals surface area contributed by atoms with E-state index in [2.05, 4.69) is 26.1 Å². The van der Waals surface area contributed by atoms with Gasteiger partial charge in [-0.15, -0.1) is 0 Å². The number of halogens is 1. The number of carbonyl (C=O) groups is 1. The highest BCUT2D eigenvalue weighted by molar-refractivity contribution is 7.91. The van der Waals surface area contributed by atoms with Gasteiger partial charge in [-0.2, -0.15) is 0 Å². The Morgan fingerprint density at radius 3 is 2.50 bits per heavy atom. The monoisotopic (exact) mass is 456 g/mol. The first-order chi connectivity index (χ1) is 15.0. The van der Waals surface area contributed by atoms with Gasteiger partial charge in [0.25, 0.3) is 0 Å². The number of rotatable bonds is 5. The zero-order valence-corrected chi connectivity index (χ0v) is 19.5. The van der Waals surface area contributed by atoms with E-state index in [1.54, 1.807) is 22.8 Å². The molecule has 1 saturated carbocycles. The third-order valence-corrected chi connectivity index (χ3v) is 8.03. The third-order valence-electron chi connectivity index (χ3n) is 6.23. The van der Waals surface area contributed by atoms with E-state index in [0.717, 1.165) is 31.4 Å². The number of para-hydroxylation sites is 1. The van der Waals surface area contributed by atoms with E-state index in [1.165, 1.54) is 18.3 Å². The van der Waals surface area contributed by atoms with Crippen molar-refractivity contribution in [2.45, 2.75) is 62.4 Å². The van der Waals surface area contributed by atoms with Gasteiger partial charge in [0.1, 0.15) is 12.4 Å². The van der Waals surface area contributed by atoms with Crippen LogP contribution in [0.2, 0.25) is 0 Å². The van der Waals surface area contributed by atoms with Crippen LogP contribution in [0.4, 0.5) is 4.39 Å². The summed E-state index contributed by atoms with van der Waals surface area (Å²) >= 11 is 0. The van der Waals surface area contributed by atoms with E-state index >= 15 is 0 Å². The highest BCUT2D eigenvalue weighted by Crippen LogP contribution is 2.38. The summed E-state index contributed by atoms with van der Waals surface area (Å²) in [7, 11) is -3.87. The summed E-state index contributed by atoms with van der Waals surface area (Å²) in [4.78, 5) is 13.0. The highest BCUT2D eigenvalue weighted by atomic mass is 32.2. The van der Waals surface area contributed by atoms with Gasteiger partial charge in [-0.05, 0) is 60.9 Å². The molecule has 1 N–H and O–H groups in total. The maximum Gasteiger partial charge on any atom is 0.240 e. The number of benzene rings is 2. The molecule has 32 heavy (non-hydrogen) atoms. The van der Waals surface area contributed by atoms with Gasteiger partial charge in [0.2, 0.25) is 15.7 Å². The molecule has 0 spiro atoms. The molecule has 7 heteroatoms. The summed E-state index contributed by atoms with van der Waals surface area (Å²) in [6, 6.07) is 12.0. The van der Waals surface area contributed by atoms with E-state index in [0.29, 0.717) is 16.8 Å². The standard InChI is InChI=1S/C25H29FN2O3S/c1-17-12-19(14-25(2,3)13-17)27-24(29)16-28-15-23(21-6-4-5-7-22(21)28)32(30,31)20-10-8-18(26)9-11-20/h4-11,15,17,19H,12-14,16H2,1-3H3,(H,27,29). The van der Waals surface area contributed by atoms with Crippen molar-refractivity contribution in [2.24, 2.45) is 11.3 Å². The van der Waals surface area contributed by atoms with Crippen LogP contribution in [0.1, 0.15) is 40.0 Å². The molecule has 170 valence electrons. The summed E-state index contributed by atoms with van der Waals surface area (Å²) in [5.74, 6) is -0.0847. The SMILES string of the molecule is CC1CC(NC(=O)Cn2cc(S(=O)(=O)c3ccc(F)cc3)c3ccccc32)CC(C)(C)C1. The number of amides is 1. The minimum Gasteiger partial charge on any atom is -0.352 e. The second kappa shape index (κ2) is 8.35. The zero-order valence-electron chi connectivity index (χ0n) is 18.6. The zero-order chi connectivity index (χ0) is 23.1. The van der Waals surface area contributed by atoms with Crippen LogP contribution < -0.4 is 5.32 Å². The molecular formula is C25H29FN2O3S. The molecule has 1 aliphatic rings. The summed E-state index contributed by atoms with van der Waals surface area (Å²) in [5, 5.41) is 3.69. The molecule has 2 unspecified atom stereocenters. The second-order valence-electron chi connectivity index (χ2n) is 9.77. The van der Waals surface area contributed by atoms with Gasteiger partial charge in [0.05, 0.1) is 9.79 Å². The van der Waals surface area contributed by atoms with Gasteiger partial charge >= 0.3 is 0 Å². The van der Waals surface area contributed by atoms with Gasteiger partial charge in [-0.3, -0.25) is 4.79 Å². The van der Waals surface area contributed by atoms with Crippen LogP contribution in [-0.2, 0) is 21.2 Å².